The van der Waals surface area contributed by atoms with Crippen molar-refractivity contribution in [2.24, 2.45) is 11.7 Å². The highest BCUT2D eigenvalue weighted by Gasteiger charge is 2.19. The lowest BCUT2D eigenvalue weighted by Gasteiger charge is -2.20. The molecule has 3 N–H and O–H groups in total. The van der Waals surface area contributed by atoms with Gasteiger partial charge in [0, 0.05) is 18.7 Å². The van der Waals surface area contributed by atoms with E-state index in [-0.39, 0.29) is 21.8 Å². The molecule has 0 spiro atoms. The molecule has 0 radical (unpaired) electrons. The van der Waals surface area contributed by atoms with E-state index in [1.54, 1.807) is 0 Å². The Balaban J connectivity index is 3.04. The van der Waals surface area contributed by atoms with E-state index < -0.39 is 4.92 Å². The van der Waals surface area contributed by atoms with E-state index in [1.165, 1.54) is 12.1 Å². The molecule has 1 aromatic rings. The summed E-state index contributed by atoms with van der Waals surface area (Å²) >= 11 is 11.7. The van der Waals surface area contributed by atoms with Crippen molar-refractivity contribution in [2.45, 2.75) is 26.3 Å². The van der Waals surface area contributed by atoms with Gasteiger partial charge in [-0.15, -0.1) is 0 Å². The number of anilines is 1. The Bertz CT molecular complexity index is 467. The lowest BCUT2D eigenvalue weighted by Crippen LogP contribution is -2.30. The Kier molecular flexibility index (Phi) is 5.85. The minimum atomic E-state index is -0.493. The van der Waals surface area contributed by atoms with E-state index in [2.05, 4.69) is 19.2 Å². The van der Waals surface area contributed by atoms with Crippen molar-refractivity contribution in [3.05, 3.63) is 32.3 Å². The minimum Gasteiger partial charge on any atom is -0.375 e. The molecule has 7 heteroatoms. The first-order valence-corrected chi connectivity index (χ1v) is 6.70. The third kappa shape index (κ3) is 4.53. The van der Waals surface area contributed by atoms with Gasteiger partial charge in [-0.3, -0.25) is 10.1 Å². The molecule has 0 aliphatic heterocycles. The van der Waals surface area contributed by atoms with Crippen molar-refractivity contribution in [2.75, 3.05) is 11.9 Å². The molecular weight excluding hydrogens is 289 g/mol. The molecule has 0 aromatic heterocycles. The average Bonchev–Trinajstić information content (AvgIpc) is 2.31. The van der Waals surface area contributed by atoms with Gasteiger partial charge < -0.3 is 11.1 Å². The molecule has 0 saturated carbocycles. The lowest BCUT2D eigenvalue weighted by molar-refractivity contribution is -0.384. The van der Waals surface area contributed by atoms with Crippen molar-refractivity contribution in [1.29, 1.82) is 0 Å². The third-order valence-electron chi connectivity index (χ3n) is 2.64. The normalized spacial score (nSPS) is 12.5. The summed E-state index contributed by atoms with van der Waals surface area (Å²) in [6, 6.07) is 2.66. The van der Waals surface area contributed by atoms with Crippen LogP contribution < -0.4 is 11.1 Å². The van der Waals surface area contributed by atoms with Gasteiger partial charge in [-0.1, -0.05) is 37.0 Å². The summed E-state index contributed by atoms with van der Waals surface area (Å²) in [5, 5.41) is 14.5. The van der Waals surface area contributed by atoms with Crippen molar-refractivity contribution >= 4 is 34.6 Å². The summed E-state index contributed by atoms with van der Waals surface area (Å²) in [4.78, 5) is 10.5. The number of hydrogen-bond donors (Lipinski definition) is 2. The highest BCUT2D eigenvalue weighted by Crippen LogP contribution is 2.34. The van der Waals surface area contributed by atoms with E-state index in [0.29, 0.717) is 18.2 Å². The number of nitro benzene ring substituents is 1. The number of rotatable bonds is 6. The summed E-state index contributed by atoms with van der Waals surface area (Å²) in [5.74, 6) is 0.433. The first-order valence-electron chi connectivity index (χ1n) is 5.95. The second-order valence-corrected chi connectivity index (χ2v) is 5.56. The smallest absolute Gasteiger partial charge is 0.293 e. The largest absolute Gasteiger partial charge is 0.375 e. The number of hydrogen-bond acceptors (Lipinski definition) is 4. The van der Waals surface area contributed by atoms with Gasteiger partial charge in [0.05, 0.1) is 15.0 Å². The predicted octanol–water partition coefficient (Wildman–Crippen LogP) is 3.69. The lowest BCUT2D eigenvalue weighted by atomic mass is 10.0. The second kappa shape index (κ2) is 6.93. The molecule has 1 unspecified atom stereocenters. The molecule has 5 nitrogen and oxygen atoms in total. The molecule has 0 bridgehead atoms. The van der Waals surface area contributed by atoms with E-state index in [0.717, 1.165) is 6.42 Å². The molecule has 1 atom stereocenters. The summed E-state index contributed by atoms with van der Waals surface area (Å²) < 4.78 is 0. The zero-order valence-corrected chi connectivity index (χ0v) is 12.3. The summed E-state index contributed by atoms with van der Waals surface area (Å²) in [5.41, 5.74) is 5.91. The molecular formula is C12H17Cl2N3O2. The second-order valence-electron chi connectivity index (χ2n) is 4.75. The molecule has 0 aliphatic rings. The highest BCUT2D eigenvalue weighted by molar-refractivity contribution is 6.42. The molecule has 0 heterocycles. The van der Waals surface area contributed by atoms with Gasteiger partial charge in [0.25, 0.3) is 5.69 Å². The maximum atomic E-state index is 11.0. The summed E-state index contributed by atoms with van der Waals surface area (Å²) in [6.07, 6.45) is 0.813. The summed E-state index contributed by atoms with van der Waals surface area (Å²) in [7, 11) is 0. The van der Waals surface area contributed by atoms with Crippen LogP contribution in [0.1, 0.15) is 20.3 Å². The van der Waals surface area contributed by atoms with Gasteiger partial charge in [0.1, 0.15) is 5.69 Å². The Morgan fingerprint density at radius 2 is 1.95 bits per heavy atom. The quantitative estimate of drug-likeness (QED) is 0.620. The maximum Gasteiger partial charge on any atom is 0.293 e. The fourth-order valence-corrected chi connectivity index (χ4v) is 2.13. The molecule has 0 amide bonds. The number of nitro groups is 1. The van der Waals surface area contributed by atoms with Gasteiger partial charge in [0.2, 0.25) is 0 Å². The Hall–Kier alpha value is -1.04. The molecule has 0 fully saturated rings. The first kappa shape index (κ1) is 16.0. The fraction of sp³-hybridized carbons (Fsp3) is 0.500. The SMILES string of the molecule is CC(C)CC(CN)Nc1cc(Cl)c(Cl)cc1[N+](=O)[O-]. The number of benzene rings is 1. The van der Waals surface area contributed by atoms with Gasteiger partial charge >= 0.3 is 0 Å². The Morgan fingerprint density at radius 3 is 2.42 bits per heavy atom. The van der Waals surface area contributed by atoms with Crippen molar-refractivity contribution in [3.8, 4) is 0 Å². The van der Waals surface area contributed by atoms with Crippen LogP contribution in [-0.2, 0) is 0 Å². The zero-order valence-electron chi connectivity index (χ0n) is 10.8. The number of nitrogens with one attached hydrogen (secondary N) is 1. The molecule has 0 aliphatic carbocycles. The van der Waals surface area contributed by atoms with Gasteiger partial charge in [-0.05, 0) is 18.4 Å². The zero-order chi connectivity index (χ0) is 14.6. The van der Waals surface area contributed by atoms with Crippen LogP contribution in [0.3, 0.4) is 0 Å². The van der Waals surface area contributed by atoms with Crippen LogP contribution in [-0.4, -0.2) is 17.5 Å². The molecule has 0 saturated heterocycles. The number of nitrogens with two attached hydrogens (primary N) is 1. The predicted molar refractivity (Wildman–Crippen MR) is 79.0 cm³/mol. The van der Waals surface area contributed by atoms with Crippen LogP contribution in [0.15, 0.2) is 12.1 Å². The van der Waals surface area contributed by atoms with Crippen molar-refractivity contribution < 1.29 is 4.92 Å². The van der Waals surface area contributed by atoms with Gasteiger partial charge in [0.15, 0.2) is 0 Å². The average molecular weight is 306 g/mol. The van der Waals surface area contributed by atoms with E-state index in [9.17, 15) is 10.1 Å². The molecule has 106 valence electrons. The number of halogens is 2. The van der Waals surface area contributed by atoms with Crippen molar-refractivity contribution in [3.63, 3.8) is 0 Å². The van der Waals surface area contributed by atoms with Crippen LogP contribution in [0.25, 0.3) is 0 Å². The summed E-state index contributed by atoms with van der Waals surface area (Å²) in [6.45, 7) is 4.51. The molecule has 19 heavy (non-hydrogen) atoms. The van der Waals surface area contributed by atoms with Gasteiger partial charge in [-0.25, -0.2) is 0 Å². The molecule has 1 rings (SSSR count). The highest BCUT2D eigenvalue weighted by atomic mass is 35.5. The maximum absolute atomic E-state index is 11.0. The van der Waals surface area contributed by atoms with E-state index in [4.69, 9.17) is 28.9 Å². The van der Waals surface area contributed by atoms with E-state index in [1.807, 2.05) is 0 Å². The van der Waals surface area contributed by atoms with Crippen LogP contribution >= 0.6 is 23.2 Å². The topological polar surface area (TPSA) is 81.2 Å². The standard InChI is InChI=1S/C12H17Cl2N3O2/c1-7(2)3-8(6-15)16-11-4-9(13)10(14)5-12(11)17(18)19/h4-5,7-8,16H,3,6,15H2,1-2H3. The monoisotopic (exact) mass is 305 g/mol. The molecule has 1 aromatic carbocycles. The number of nitrogens with zero attached hydrogens (tertiary/aromatic N) is 1. The minimum absolute atomic E-state index is 0.0454. The first-order chi connectivity index (χ1) is 8.85. The van der Waals surface area contributed by atoms with Crippen LogP contribution in [0.5, 0.6) is 0 Å². The van der Waals surface area contributed by atoms with Crippen molar-refractivity contribution in [1.82, 2.24) is 0 Å². The van der Waals surface area contributed by atoms with Crippen LogP contribution in [0, 0.1) is 16.0 Å². The van der Waals surface area contributed by atoms with Crippen LogP contribution in [0.4, 0.5) is 11.4 Å². The van der Waals surface area contributed by atoms with E-state index >= 15 is 0 Å². The Labute approximate surface area is 122 Å². The van der Waals surface area contributed by atoms with Gasteiger partial charge in [-0.2, -0.15) is 0 Å². The third-order valence-corrected chi connectivity index (χ3v) is 3.36. The Morgan fingerprint density at radius 1 is 1.37 bits per heavy atom. The van der Waals surface area contributed by atoms with Crippen LogP contribution in [0.2, 0.25) is 10.0 Å². The fourth-order valence-electron chi connectivity index (χ4n) is 1.81.